The van der Waals surface area contributed by atoms with E-state index in [2.05, 4.69) is 4.90 Å². The van der Waals surface area contributed by atoms with Crippen LogP contribution >= 0.6 is 0 Å². The van der Waals surface area contributed by atoms with Gasteiger partial charge in [0, 0.05) is 31.3 Å². The van der Waals surface area contributed by atoms with E-state index in [0.29, 0.717) is 19.6 Å². The molecule has 1 N–H and O–H groups in total. The van der Waals surface area contributed by atoms with Gasteiger partial charge in [-0.05, 0) is 12.8 Å². The molecule has 5 nitrogen and oxygen atoms in total. The third-order valence-electron chi connectivity index (χ3n) is 4.20. The topological polar surface area (TPSA) is 59.0 Å². The Morgan fingerprint density at radius 3 is 2.55 bits per heavy atom. The number of rotatable bonds is 4. The van der Waals surface area contributed by atoms with Gasteiger partial charge in [0.05, 0.1) is 25.9 Å². The molecule has 0 radical (unpaired) electrons. The van der Waals surface area contributed by atoms with E-state index in [0.717, 1.165) is 44.5 Å². The van der Waals surface area contributed by atoms with E-state index in [9.17, 15) is 9.90 Å². The first kappa shape index (κ1) is 15.3. The molecule has 2 aliphatic rings. The van der Waals surface area contributed by atoms with Gasteiger partial charge in [0.25, 0.3) is 0 Å². The molecule has 1 saturated heterocycles. The van der Waals surface area contributed by atoms with Gasteiger partial charge >= 0.3 is 5.97 Å². The maximum atomic E-state index is 11.6. The van der Waals surface area contributed by atoms with Crippen LogP contribution in [-0.4, -0.2) is 55.0 Å². The Morgan fingerprint density at radius 1 is 1.30 bits per heavy atom. The highest BCUT2D eigenvalue weighted by Gasteiger charge is 2.32. The van der Waals surface area contributed by atoms with Gasteiger partial charge in [-0.1, -0.05) is 19.3 Å². The number of hydrogen-bond donors (Lipinski definition) is 1. The van der Waals surface area contributed by atoms with Crippen molar-refractivity contribution in [2.75, 3.05) is 33.4 Å². The molecule has 1 saturated carbocycles. The third-order valence-corrected chi connectivity index (χ3v) is 4.20. The number of aliphatic hydroxyl groups is 1. The maximum absolute atomic E-state index is 11.6. The van der Waals surface area contributed by atoms with Crippen molar-refractivity contribution < 1.29 is 19.4 Å². The van der Waals surface area contributed by atoms with Crippen molar-refractivity contribution in [3.63, 3.8) is 0 Å². The van der Waals surface area contributed by atoms with Gasteiger partial charge in [0.1, 0.15) is 0 Å². The minimum atomic E-state index is -0.670. The Kier molecular flexibility index (Phi) is 5.43. The van der Waals surface area contributed by atoms with Crippen molar-refractivity contribution in [3.05, 3.63) is 11.8 Å². The van der Waals surface area contributed by atoms with Crippen LogP contribution in [0.3, 0.4) is 0 Å². The second kappa shape index (κ2) is 7.09. The largest absolute Gasteiger partial charge is 0.466 e. The van der Waals surface area contributed by atoms with Crippen molar-refractivity contribution in [3.8, 4) is 0 Å². The van der Waals surface area contributed by atoms with Crippen molar-refractivity contribution >= 4 is 5.97 Å². The summed E-state index contributed by atoms with van der Waals surface area (Å²) in [5.41, 5.74) is 0.209. The smallest absolute Gasteiger partial charge is 0.332 e. The molecule has 20 heavy (non-hydrogen) atoms. The van der Waals surface area contributed by atoms with E-state index in [4.69, 9.17) is 9.47 Å². The van der Waals surface area contributed by atoms with Gasteiger partial charge in [-0.25, -0.2) is 4.79 Å². The summed E-state index contributed by atoms with van der Waals surface area (Å²) in [6.07, 6.45) is 7.00. The van der Waals surface area contributed by atoms with E-state index in [-0.39, 0.29) is 5.97 Å². The number of hydrogen-bond acceptors (Lipinski definition) is 5. The summed E-state index contributed by atoms with van der Waals surface area (Å²) < 4.78 is 10.1. The fourth-order valence-electron chi connectivity index (χ4n) is 3.02. The molecular weight excluding hydrogens is 258 g/mol. The molecule has 0 unspecified atom stereocenters. The number of esters is 1. The molecule has 2 fully saturated rings. The third kappa shape index (κ3) is 4.21. The number of methoxy groups -OCH3 is 1. The average Bonchev–Trinajstić information content (AvgIpc) is 2.48. The lowest BCUT2D eigenvalue weighted by Gasteiger charge is -2.38. The molecule has 0 aromatic heterocycles. The van der Waals surface area contributed by atoms with Crippen molar-refractivity contribution in [2.24, 2.45) is 0 Å². The number of morpholine rings is 1. The first-order valence-electron chi connectivity index (χ1n) is 7.47. The SMILES string of the molecule is COC(=O)/C=C(/CC1(O)CCCCC1)N1CCOCC1. The predicted octanol–water partition coefficient (Wildman–Crippen LogP) is 1.46. The van der Waals surface area contributed by atoms with E-state index < -0.39 is 5.60 Å². The van der Waals surface area contributed by atoms with E-state index >= 15 is 0 Å². The van der Waals surface area contributed by atoms with Crippen LogP contribution in [0, 0.1) is 0 Å². The fraction of sp³-hybridized carbons (Fsp3) is 0.800. The molecule has 0 bridgehead atoms. The Bertz CT molecular complexity index is 355. The van der Waals surface area contributed by atoms with Crippen LogP contribution in [0.2, 0.25) is 0 Å². The molecule has 0 spiro atoms. The Balaban J connectivity index is 2.08. The van der Waals surface area contributed by atoms with Crippen LogP contribution in [0.25, 0.3) is 0 Å². The predicted molar refractivity (Wildman–Crippen MR) is 75.1 cm³/mol. The van der Waals surface area contributed by atoms with Crippen molar-refractivity contribution in [1.82, 2.24) is 4.90 Å². The zero-order valence-electron chi connectivity index (χ0n) is 12.3. The Morgan fingerprint density at radius 2 is 1.95 bits per heavy atom. The standard InChI is InChI=1S/C15H25NO4/c1-19-14(17)11-13(16-7-9-20-10-8-16)12-15(18)5-3-2-4-6-15/h11,18H,2-10,12H2,1H3/b13-11-. The monoisotopic (exact) mass is 283 g/mol. The zero-order chi connectivity index (χ0) is 14.4. The van der Waals surface area contributed by atoms with Gasteiger partial charge in [-0.3, -0.25) is 0 Å². The summed E-state index contributed by atoms with van der Waals surface area (Å²) >= 11 is 0. The van der Waals surface area contributed by atoms with Gasteiger partial charge in [-0.15, -0.1) is 0 Å². The van der Waals surface area contributed by atoms with Crippen LogP contribution in [0.5, 0.6) is 0 Å². The molecule has 5 heteroatoms. The highest BCUT2D eigenvalue weighted by Crippen LogP contribution is 2.34. The molecule has 114 valence electrons. The summed E-state index contributed by atoms with van der Waals surface area (Å²) in [6, 6.07) is 0. The zero-order valence-corrected chi connectivity index (χ0v) is 12.3. The van der Waals surface area contributed by atoms with Gasteiger partial charge < -0.3 is 19.5 Å². The van der Waals surface area contributed by atoms with Crippen LogP contribution in [0.1, 0.15) is 38.5 Å². The van der Waals surface area contributed by atoms with Crippen LogP contribution in [0.4, 0.5) is 0 Å². The highest BCUT2D eigenvalue weighted by molar-refractivity contribution is 5.82. The lowest BCUT2D eigenvalue weighted by atomic mass is 9.81. The van der Waals surface area contributed by atoms with Crippen LogP contribution in [0.15, 0.2) is 11.8 Å². The lowest BCUT2D eigenvalue weighted by Crippen LogP contribution is -2.40. The van der Waals surface area contributed by atoms with Gasteiger partial charge in [0.15, 0.2) is 0 Å². The Hall–Kier alpha value is -1.07. The minimum absolute atomic E-state index is 0.356. The highest BCUT2D eigenvalue weighted by atomic mass is 16.5. The molecular formula is C15H25NO4. The molecule has 1 aliphatic carbocycles. The summed E-state index contributed by atoms with van der Waals surface area (Å²) in [5.74, 6) is -0.356. The molecule has 0 aromatic rings. The molecule has 1 aliphatic heterocycles. The van der Waals surface area contributed by atoms with Crippen LogP contribution < -0.4 is 0 Å². The molecule has 2 rings (SSSR count). The number of nitrogens with zero attached hydrogens (tertiary/aromatic N) is 1. The first-order chi connectivity index (χ1) is 9.63. The van der Waals surface area contributed by atoms with E-state index in [1.807, 2.05) is 0 Å². The van der Waals surface area contributed by atoms with Crippen molar-refractivity contribution in [2.45, 2.75) is 44.1 Å². The average molecular weight is 283 g/mol. The normalized spacial score (nSPS) is 23.5. The molecule has 1 heterocycles. The quantitative estimate of drug-likeness (QED) is 0.625. The number of carbonyl (C=O) groups excluding carboxylic acids is 1. The Labute approximate surface area is 120 Å². The summed E-state index contributed by atoms with van der Waals surface area (Å²) in [7, 11) is 1.38. The maximum Gasteiger partial charge on any atom is 0.332 e. The van der Waals surface area contributed by atoms with Gasteiger partial charge in [0.2, 0.25) is 0 Å². The molecule has 0 aromatic carbocycles. The summed E-state index contributed by atoms with van der Waals surface area (Å²) in [5, 5.41) is 10.7. The summed E-state index contributed by atoms with van der Waals surface area (Å²) in [6.45, 7) is 2.85. The first-order valence-corrected chi connectivity index (χ1v) is 7.47. The fourth-order valence-corrected chi connectivity index (χ4v) is 3.02. The minimum Gasteiger partial charge on any atom is -0.466 e. The van der Waals surface area contributed by atoms with E-state index in [1.165, 1.54) is 19.6 Å². The molecule has 0 amide bonds. The lowest BCUT2D eigenvalue weighted by molar-refractivity contribution is -0.135. The van der Waals surface area contributed by atoms with Gasteiger partial charge in [-0.2, -0.15) is 0 Å². The number of ether oxygens (including phenoxy) is 2. The second-order valence-electron chi connectivity index (χ2n) is 5.72. The summed E-state index contributed by atoms with van der Waals surface area (Å²) in [4.78, 5) is 13.7. The van der Waals surface area contributed by atoms with E-state index in [1.54, 1.807) is 0 Å². The second-order valence-corrected chi connectivity index (χ2v) is 5.72. The number of carbonyl (C=O) groups is 1. The van der Waals surface area contributed by atoms with Crippen molar-refractivity contribution in [1.29, 1.82) is 0 Å². The molecule has 0 atom stereocenters. The van der Waals surface area contributed by atoms with Crippen LogP contribution in [-0.2, 0) is 14.3 Å².